The summed E-state index contributed by atoms with van der Waals surface area (Å²) in [5.74, 6) is -0.169. The lowest BCUT2D eigenvalue weighted by Crippen LogP contribution is -2.17. The number of rotatable bonds is 6. The van der Waals surface area contributed by atoms with Gasteiger partial charge >= 0.3 is 0 Å². The van der Waals surface area contributed by atoms with E-state index >= 15 is 0 Å². The van der Waals surface area contributed by atoms with Crippen molar-refractivity contribution in [3.8, 4) is 11.3 Å². The van der Waals surface area contributed by atoms with E-state index in [4.69, 9.17) is 11.6 Å². The summed E-state index contributed by atoms with van der Waals surface area (Å²) in [6.45, 7) is 3.71. The van der Waals surface area contributed by atoms with Crippen molar-refractivity contribution in [2.45, 2.75) is 13.8 Å². The van der Waals surface area contributed by atoms with Gasteiger partial charge in [0.05, 0.1) is 6.21 Å². The maximum absolute atomic E-state index is 12.1. The van der Waals surface area contributed by atoms with Crippen molar-refractivity contribution in [1.29, 1.82) is 0 Å². The molecule has 0 bridgehead atoms. The van der Waals surface area contributed by atoms with E-state index in [1.165, 1.54) is 11.3 Å². The van der Waals surface area contributed by atoms with Crippen LogP contribution in [0.15, 0.2) is 59.7 Å². The third-order valence-electron chi connectivity index (χ3n) is 3.66. The Morgan fingerprint density at radius 3 is 2.67 bits per heavy atom. The van der Waals surface area contributed by atoms with Gasteiger partial charge in [-0.15, -0.1) is 0 Å². The molecular formula is C20H19ClN4OS. The fraction of sp³-hybridized carbons (Fsp3) is 0.150. The zero-order chi connectivity index (χ0) is 19.2. The molecule has 138 valence electrons. The molecule has 5 nitrogen and oxygen atoms in total. The molecule has 2 aromatic carbocycles. The first-order chi connectivity index (χ1) is 13.0. The van der Waals surface area contributed by atoms with Crippen LogP contribution in [0.25, 0.3) is 11.3 Å². The maximum atomic E-state index is 12.1. The Hall–Kier alpha value is -2.70. The molecule has 1 aromatic heterocycles. The van der Waals surface area contributed by atoms with Crippen molar-refractivity contribution in [3.05, 3.63) is 65.2 Å². The standard InChI is InChI=1S/C20H19ClN4OS/c1-13(2)18(26)24-19-17(15-8-4-3-5-9-15)23-20(27-19)25-22-12-14-7-6-10-16(21)11-14/h3-13H,1-2H3,(H,23,25)(H,24,26)/b22-12-. The van der Waals surface area contributed by atoms with Gasteiger partial charge in [0.2, 0.25) is 11.0 Å². The average molecular weight is 399 g/mol. The Morgan fingerprint density at radius 2 is 1.96 bits per heavy atom. The second-order valence-electron chi connectivity index (χ2n) is 6.13. The van der Waals surface area contributed by atoms with Crippen LogP contribution < -0.4 is 10.7 Å². The summed E-state index contributed by atoms with van der Waals surface area (Å²) in [6, 6.07) is 17.1. The highest BCUT2D eigenvalue weighted by Gasteiger charge is 2.16. The van der Waals surface area contributed by atoms with E-state index in [9.17, 15) is 4.79 Å². The molecule has 7 heteroatoms. The first-order valence-corrected chi connectivity index (χ1v) is 9.64. The molecule has 0 saturated heterocycles. The van der Waals surface area contributed by atoms with Crippen LogP contribution >= 0.6 is 22.9 Å². The second kappa shape index (κ2) is 8.79. The molecule has 0 radical (unpaired) electrons. The van der Waals surface area contributed by atoms with E-state index in [-0.39, 0.29) is 11.8 Å². The summed E-state index contributed by atoms with van der Waals surface area (Å²) in [5, 5.41) is 9.10. The number of halogens is 1. The summed E-state index contributed by atoms with van der Waals surface area (Å²) in [5.41, 5.74) is 5.45. The van der Waals surface area contributed by atoms with Gasteiger partial charge < -0.3 is 5.32 Å². The number of carbonyl (C=O) groups excluding carboxylic acids is 1. The van der Waals surface area contributed by atoms with Crippen molar-refractivity contribution < 1.29 is 4.79 Å². The lowest BCUT2D eigenvalue weighted by atomic mass is 10.1. The average Bonchev–Trinajstić information content (AvgIpc) is 3.05. The number of nitrogens with zero attached hydrogens (tertiary/aromatic N) is 2. The largest absolute Gasteiger partial charge is 0.316 e. The van der Waals surface area contributed by atoms with Crippen LogP contribution in [0.4, 0.5) is 10.1 Å². The summed E-state index contributed by atoms with van der Waals surface area (Å²) in [4.78, 5) is 16.7. The summed E-state index contributed by atoms with van der Waals surface area (Å²) >= 11 is 7.32. The molecule has 0 spiro atoms. The van der Waals surface area contributed by atoms with Gasteiger partial charge in [0, 0.05) is 16.5 Å². The smallest absolute Gasteiger partial charge is 0.227 e. The van der Waals surface area contributed by atoms with Crippen LogP contribution in [0.2, 0.25) is 5.02 Å². The first-order valence-electron chi connectivity index (χ1n) is 8.44. The molecule has 3 rings (SSSR count). The summed E-state index contributed by atoms with van der Waals surface area (Å²) in [7, 11) is 0. The highest BCUT2D eigenvalue weighted by molar-refractivity contribution is 7.20. The van der Waals surface area contributed by atoms with Gasteiger partial charge in [-0.3, -0.25) is 10.2 Å². The minimum atomic E-state index is -0.118. The van der Waals surface area contributed by atoms with Crippen LogP contribution in [0.5, 0.6) is 0 Å². The Balaban J connectivity index is 1.83. The molecule has 2 N–H and O–H groups in total. The highest BCUT2D eigenvalue weighted by atomic mass is 35.5. The number of thiazole rings is 1. The van der Waals surface area contributed by atoms with Gasteiger partial charge in [0.15, 0.2) is 0 Å². The van der Waals surface area contributed by atoms with Gasteiger partial charge in [0.1, 0.15) is 10.7 Å². The van der Waals surface area contributed by atoms with Gasteiger partial charge in [-0.2, -0.15) is 5.10 Å². The van der Waals surface area contributed by atoms with Crippen molar-refractivity contribution in [3.63, 3.8) is 0 Å². The second-order valence-corrected chi connectivity index (χ2v) is 7.57. The van der Waals surface area contributed by atoms with Crippen LogP contribution in [0.3, 0.4) is 0 Å². The number of hydrazone groups is 1. The van der Waals surface area contributed by atoms with E-state index < -0.39 is 0 Å². The van der Waals surface area contributed by atoms with Crippen LogP contribution in [0.1, 0.15) is 19.4 Å². The Labute approximate surface area is 167 Å². The van der Waals surface area contributed by atoms with E-state index in [1.54, 1.807) is 6.21 Å². The quantitative estimate of drug-likeness (QED) is 0.425. The molecule has 1 amide bonds. The normalized spacial score (nSPS) is 11.1. The minimum Gasteiger partial charge on any atom is -0.316 e. The number of aromatic nitrogens is 1. The molecule has 0 aliphatic heterocycles. The van der Waals surface area contributed by atoms with E-state index in [0.717, 1.165) is 16.8 Å². The van der Waals surface area contributed by atoms with Crippen molar-refractivity contribution in [2.75, 3.05) is 10.7 Å². The lowest BCUT2D eigenvalue weighted by Gasteiger charge is -2.07. The number of nitrogens with one attached hydrogen (secondary N) is 2. The summed E-state index contributed by atoms with van der Waals surface area (Å²) in [6.07, 6.45) is 1.67. The third kappa shape index (κ3) is 5.15. The van der Waals surface area contributed by atoms with E-state index in [1.807, 2.05) is 68.4 Å². The summed E-state index contributed by atoms with van der Waals surface area (Å²) < 4.78 is 0. The molecule has 0 fully saturated rings. The zero-order valence-electron chi connectivity index (χ0n) is 14.9. The third-order valence-corrected chi connectivity index (χ3v) is 4.77. The Bertz CT molecular complexity index is 954. The molecule has 0 aliphatic rings. The lowest BCUT2D eigenvalue weighted by molar-refractivity contribution is -0.118. The molecule has 0 aliphatic carbocycles. The van der Waals surface area contributed by atoms with Crippen molar-refractivity contribution in [1.82, 2.24) is 4.98 Å². The van der Waals surface area contributed by atoms with E-state index in [0.29, 0.717) is 15.2 Å². The topological polar surface area (TPSA) is 66.4 Å². The molecule has 27 heavy (non-hydrogen) atoms. The van der Waals surface area contributed by atoms with Gasteiger partial charge in [-0.05, 0) is 17.7 Å². The number of benzene rings is 2. The number of hydrogen-bond donors (Lipinski definition) is 2. The minimum absolute atomic E-state index is 0.0511. The molecule has 0 saturated carbocycles. The van der Waals surface area contributed by atoms with Crippen LogP contribution in [-0.2, 0) is 4.79 Å². The van der Waals surface area contributed by atoms with Crippen molar-refractivity contribution >= 4 is 45.2 Å². The predicted molar refractivity (Wildman–Crippen MR) is 114 cm³/mol. The number of amides is 1. The predicted octanol–water partition coefficient (Wildman–Crippen LogP) is 5.50. The van der Waals surface area contributed by atoms with Gasteiger partial charge in [-0.1, -0.05) is 79.2 Å². The Kier molecular flexibility index (Phi) is 6.21. The zero-order valence-corrected chi connectivity index (χ0v) is 16.5. The SMILES string of the molecule is CC(C)C(=O)Nc1sc(N/N=C\c2cccc(Cl)c2)nc1-c1ccccc1. The first kappa shape index (κ1) is 19.1. The maximum Gasteiger partial charge on any atom is 0.227 e. The van der Waals surface area contributed by atoms with Gasteiger partial charge in [0.25, 0.3) is 0 Å². The van der Waals surface area contributed by atoms with Crippen LogP contribution in [-0.4, -0.2) is 17.1 Å². The molecule has 0 atom stereocenters. The monoisotopic (exact) mass is 398 g/mol. The van der Waals surface area contributed by atoms with Crippen LogP contribution in [0, 0.1) is 5.92 Å². The number of hydrogen-bond acceptors (Lipinski definition) is 5. The molecule has 1 heterocycles. The number of carbonyl (C=O) groups is 1. The fourth-order valence-corrected chi connectivity index (χ4v) is 3.29. The van der Waals surface area contributed by atoms with E-state index in [2.05, 4.69) is 20.8 Å². The number of anilines is 2. The molecule has 3 aromatic rings. The van der Waals surface area contributed by atoms with Crippen molar-refractivity contribution in [2.24, 2.45) is 11.0 Å². The highest BCUT2D eigenvalue weighted by Crippen LogP contribution is 2.36. The van der Waals surface area contributed by atoms with Gasteiger partial charge in [-0.25, -0.2) is 4.98 Å². The molecule has 0 unspecified atom stereocenters. The fourth-order valence-electron chi connectivity index (χ4n) is 2.25. The Morgan fingerprint density at radius 1 is 1.19 bits per heavy atom. The molecular weight excluding hydrogens is 380 g/mol.